The second-order valence-electron chi connectivity index (χ2n) is 7.82. The number of hydrogen-bond donors (Lipinski definition) is 2. The normalized spacial score (nSPS) is 21.6. The second-order valence-corrected chi connectivity index (χ2v) is 7.82. The van der Waals surface area contributed by atoms with Gasteiger partial charge >= 0.3 is 0 Å². The Morgan fingerprint density at radius 3 is 2.23 bits per heavy atom. The van der Waals surface area contributed by atoms with Crippen molar-refractivity contribution in [1.29, 1.82) is 0 Å². The van der Waals surface area contributed by atoms with Crippen LogP contribution in [0.3, 0.4) is 0 Å². The molecule has 0 atom stereocenters. The van der Waals surface area contributed by atoms with E-state index in [1.165, 1.54) is 13.1 Å². The molecule has 2 aliphatic rings. The van der Waals surface area contributed by atoms with Crippen molar-refractivity contribution < 1.29 is 4.79 Å². The molecular weight excluding hydrogens is 328 g/mol. The zero-order valence-electron chi connectivity index (χ0n) is 17.2. The highest BCUT2D eigenvalue weighted by Gasteiger charge is 2.42. The summed E-state index contributed by atoms with van der Waals surface area (Å²) < 4.78 is 0. The molecule has 7 nitrogen and oxygen atoms in total. The molecule has 0 bridgehead atoms. The Hall–Kier alpha value is -1.34. The van der Waals surface area contributed by atoms with E-state index in [4.69, 9.17) is 0 Å². The third-order valence-electron chi connectivity index (χ3n) is 5.87. The van der Waals surface area contributed by atoms with Crippen LogP contribution in [0.4, 0.5) is 0 Å². The van der Waals surface area contributed by atoms with Crippen LogP contribution in [0.15, 0.2) is 4.99 Å². The van der Waals surface area contributed by atoms with Gasteiger partial charge in [-0.1, -0.05) is 19.8 Å². The van der Waals surface area contributed by atoms with Gasteiger partial charge in [-0.15, -0.1) is 0 Å². The van der Waals surface area contributed by atoms with E-state index < -0.39 is 0 Å². The topological polar surface area (TPSA) is 63.2 Å². The van der Waals surface area contributed by atoms with Gasteiger partial charge in [-0.3, -0.25) is 14.7 Å². The first-order chi connectivity index (χ1) is 12.5. The van der Waals surface area contributed by atoms with E-state index in [9.17, 15) is 4.79 Å². The number of guanidine groups is 1. The Bertz CT molecular complexity index is 465. The molecular formula is C19H38N6O. The van der Waals surface area contributed by atoms with Crippen LogP contribution in [-0.2, 0) is 4.79 Å². The summed E-state index contributed by atoms with van der Waals surface area (Å²) in [6.07, 6.45) is 4.21. The third-order valence-corrected chi connectivity index (χ3v) is 5.87. The summed E-state index contributed by atoms with van der Waals surface area (Å²) in [4.78, 5) is 23.7. The van der Waals surface area contributed by atoms with Crippen LogP contribution in [0.2, 0.25) is 0 Å². The fraction of sp³-hybridized carbons (Fsp3) is 0.895. The van der Waals surface area contributed by atoms with Crippen molar-refractivity contribution in [1.82, 2.24) is 25.3 Å². The van der Waals surface area contributed by atoms with E-state index in [1.54, 1.807) is 11.9 Å². The van der Waals surface area contributed by atoms with Crippen molar-refractivity contribution in [3.05, 3.63) is 0 Å². The van der Waals surface area contributed by atoms with E-state index in [1.807, 2.05) is 14.1 Å². The maximum absolute atomic E-state index is 12.7. The molecule has 1 saturated heterocycles. The van der Waals surface area contributed by atoms with Crippen molar-refractivity contribution in [2.24, 2.45) is 10.4 Å². The predicted molar refractivity (Wildman–Crippen MR) is 108 cm³/mol. The zero-order valence-corrected chi connectivity index (χ0v) is 17.2. The fourth-order valence-electron chi connectivity index (χ4n) is 4.13. The Morgan fingerprint density at radius 2 is 1.69 bits per heavy atom. The summed E-state index contributed by atoms with van der Waals surface area (Å²) in [7, 11) is 5.51. The molecule has 0 unspecified atom stereocenters. The summed E-state index contributed by atoms with van der Waals surface area (Å²) in [6, 6.07) is 0. The van der Waals surface area contributed by atoms with Gasteiger partial charge < -0.3 is 20.4 Å². The molecule has 26 heavy (non-hydrogen) atoms. The number of piperazine rings is 1. The highest BCUT2D eigenvalue weighted by atomic mass is 16.2. The maximum Gasteiger partial charge on any atom is 0.230 e. The summed E-state index contributed by atoms with van der Waals surface area (Å²) >= 11 is 0. The van der Waals surface area contributed by atoms with Gasteiger partial charge in [0.15, 0.2) is 5.96 Å². The van der Waals surface area contributed by atoms with Crippen molar-refractivity contribution in [3.8, 4) is 0 Å². The molecule has 1 amide bonds. The number of aliphatic imine (C=N–C) groups is 1. The Balaban J connectivity index is 1.74. The fourth-order valence-corrected chi connectivity index (χ4v) is 4.13. The molecule has 150 valence electrons. The molecule has 2 N–H and O–H groups in total. The van der Waals surface area contributed by atoms with Gasteiger partial charge in [0.1, 0.15) is 0 Å². The standard InChI is InChI=1S/C19H38N6O/c1-5-24-12-14-25(15-13-24)11-10-21-18(20-2)22-16-19(8-6-7-9-19)17(26)23(3)4/h5-16H2,1-4H3,(H2,20,21,22). The largest absolute Gasteiger partial charge is 0.355 e. The van der Waals surface area contributed by atoms with Crippen LogP contribution in [0, 0.1) is 5.41 Å². The quantitative estimate of drug-likeness (QED) is 0.506. The average Bonchev–Trinajstić information content (AvgIpc) is 3.14. The first-order valence-corrected chi connectivity index (χ1v) is 10.1. The summed E-state index contributed by atoms with van der Waals surface area (Å²) in [5.41, 5.74) is -0.266. The lowest BCUT2D eigenvalue weighted by molar-refractivity contribution is -0.138. The minimum absolute atomic E-state index is 0.242. The molecule has 1 saturated carbocycles. The van der Waals surface area contributed by atoms with Gasteiger partial charge in [-0.25, -0.2) is 0 Å². The number of nitrogens with one attached hydrogen (secondary N) is 2. The predicted octanol–water partition coefficient (Wildman–Crippen LogP) is 0.438. The summed E-state index contributed by atoms with van der Waals surface area (Å²) in [5, 5.41) is 6.82. The molecule has 1 aliphatic carbocycles. The number of amides is 1. The van der Waals surface area contributed by atoms with Gasteiger partial charge in [0, 0.05) is 67.0 Å². The molecule has 1 heterocycles. The molecule has 0 aromatic rings. The van der Waals surface area contributed by atoms with Crippen LogP contribution in [0.1, 0.15) is 32.6 Å². The highest BCUT2D eigenvalue weighted by Crippen LogP contribution is 2.38. The van der Waals surface area contributed by atoms with Gasteiger partial charge in [-0.05, 0) is 19.4 Å². The first-order valence-electron chi connectivity index (χ1n) is 10.1. The number of rotatable bonds is 7. The van der Waals surface area contributed by atoms with E-state index in [0.717, 1.165) is 64.4 Å². The van der Waals surface area contributed by atoms with Crippen molar-refractivity contribution >= 4 is 11.9 Å². The summed E-state index contributed by atoms with van der Waals surface area (Å²) in [6.45, 7) is 10.6. The first kappa shape index (κ1) is 21.0. The number of carbonyl (C=O) groups excluding carboxylic acids is 1. The Labute approximate surface area is 159 Å². The van der Waals surface area contributed by atoms with E-state index >= 15 is 0 Å². The molecule has 7 heteroatoms. The lowest BCUT2D eigenvalue weighted by Crippen LogP contribution is -2.51. The molecule has 0 radical (unpaired) electrons. The molecule has 0 aromatic heterocycles. The van der Waals surface area contributed by atoms with Crippen molar-refractivity contribution in [2.75, 3.05) is 73.5 Å². The Morgan fingerprint density at radius 1 is 1.08 bits per heavy atom. The van der Waals surface area contributed by atoms with Crippen LogP contribution < -0.4 is 10.6 Å². The minimum Gasteiger partial charge on any atom is -0.355 e. The lowest BCUT2D eigenvalue weighted by atomic mass is 9.84. The number of nitrogens with zero attached hydrogens (tertiary/aromatic N) is 4. The van der Waals surface area contributed by atoms with Crippen LogP contribution in [0.5, 0.6) is 0 Å². The smallest absolute Gasteiger partial charge is 0.230 e. The van der Waals surface area contributed by atoms with Crippen molar-refractivity contribution in [2.45, 2.75) is 32.6 Å². The van der Waals surface area contributed by atoms with Gasteiger partial charge in [0.2, 0.25) is 5.91 Å². The van der Waals surface area contributed by atoms with E-state index in [-0.39, 0.29) is 11.3 Å². The van der Waals surface area contributed by atoms with E-state index in [2.05, 4.69) is 32.3 Å². The van der Waals surface area contributed by atoms with Gasteiger partial charge in [0.25, 0.3) is 0 Å². The molecule has 1 aliphatic heterocycles. The number of carbonyl (C=O) groups is 1. The zero-order chi connectivity index (χ0) is 19.0. The van der Waals surface area contributed by atoms with E-state index in [0.29, 0.717) is 6.54 Å². The average molecular weight is 367 g/mol. The molecule has 2 rings (SSSR count). The third kappa shape index (κ3) is 5.58. The maximum atomic E-state index is 12.7. The van der Waals surface area contributed by atoms with Crippen LogP contribution >= 0.6 is 0 Å². The molecule has 0 aromatic carbocycles. The highest BCUT2D eigenvalue weighted by molar-refractivity contribution is 5.85. The summed E-state index contributed by atoms with van der Waals surface area (Å²) in [5.74, 6) is 1.04. The molecule has 2 fully saturated rings. The van der Waals surface area contributed by atoms with Crippen LogP contribution in [0.25, 0.3) is 0 Å². The van der Waals surface area contributed by atoms with Gasteiger partial charge in [0.05, 0.1) is 5.41 Å². The molecule has 0 spiro atoms. The minimum atomic E-state index is -0.266. The number of hydrogen-bond acceptors (Lipinski definition) is 4. The lowest BCUT2D eigenvalue weighted by Gasteiger charge is -2.34. The monoisotopic (exact) mass is 366 g/mol. The SMILES string of the molecule is CCN1CCN(CCNC(=NC)NCC2(C(=O)N(C)C)CCCC2)CC1. The van der Waals surface area contributed by atoms with Crippen molar-refractivity contribution in [3.63, 3.8) is 0 Å². The Kier molecular flexibility index (Phi) is 8.15. The van der Waals surface area contributed by atoms with Gasteiger partial charge in [-0.2, -0.15) is 0 Å². The van der Waals surface area contributed by atoms with Crippen LogP contribution in [-0.4, -0.2) is 100 Å². The second kappa shape index (κ2) is 10.1. The number of likely N-dealkylation sites (N-methyl/N-ethyl adjacent to an activating group) is 1.